The van der Waals surface area contributed by atoms with E-state index in [2.05, 4.69) is 0 Å². The second-order valence-electron chi connectivity index (χ2n) is 3.34. The first-order valence-electron chi connectivity index (χ1n) is 4.04. The fraction of sp³-hybridized carbons (Fsp3) is 0.875. The lowest BCUT2D eigenvalue weighted by molar-refractivity contribution is -0.132. The Balaban J connectivity index is 2.27. The van der Waals surface area contributed by atoms with Gasteiger partial charge in [0.05, 0.1) is 6.10 Å². The predicted molar refractivity (Wildman–Crippen MR) is 42.0 cm³/mol. The third kappa shape index (κ3) is 2.50. The fourth-order valence-electron chi connectivity index (χ4n) is 1.13. The van der Waals surface area contributed by atoms with Gasteiger partial charge in [-0.25, -0.2) is 0 Å². The Bertz CT molecular complexity index is 152. The maximum Gasteiger partial charge on any atom is 0.225 e. The molecular weight excluding hydrogens is 142 g/mol. The lowest BCUT2D eigenvalue weighted by Gasteiger charge is -2.18. The maximum atomic E-state index is 11.3. The van der Waals surface area contributed by atoms with Crippen molar-refractivity contribution in [3.63, 3.8) is 0 Å². The largest absolute Gasteiger partial charge is 0.392 e. The van der Waals surface area contributed by atoms with E-state index in [1.165, 1.54) is 0 Å². The van der Waals surface area contributed by atoms with Gasteiger partial charge in [-0.2, -0.15) is 0 Å². The minimum Gasteiger partial charge on any atom is -0.392 e. The summed E-state index contributed by atoms with van der Waals surface area (Å²) >= 11 is 0. The Kier molecular flexibility index (Phi) is 2.49. The van der Waals surface area contributed by atoms with E-state index in [-0.39, 0.29) is 11.8 Å². The molecule has 0 heterocycles. The zero-order chi connectivity index (χ0) is 8.43. The van der Waals surface area contributed by atoms with E-state index in [9.17, 15) is 4.79 Å². The van der Waals surface area contributed by atoms with Crippen LogP contribution in [0.3, 0.4) is 0 Å². The van der Waals surface area contributed by atoms with Gasteiger partial charge in [-0.1, -0.05) is 0 Å². The summed E-state index contributed by atoms with van der Waals surface area (Å²) in [7, 11) is 1.74. The number of amides is 1. The number of hydrogen-bond donors (Lipinski definition) is 1. The summed E-state index contributed by atoms with van der Waals surface area (Å²) in [6, 6.07) is 0. The van der Waals surface area contributed by atoms with Crippen molar-refractivity contribution in [2.45, 2.75) is 25.9 Å². The molecule has 0 unspecified atom stereocenters. The first kappa shape index (κ1) is 8.53. The highest BCUT2D eigenvalue weighted by atomic mass is 16.3. The van der Waals surface area contributed by atoms with Gasteiger partial charge in [-0.05, 0) is 19.8 Å². The van der Waals surface area contributed by atoms with Crippen molar-refractivity contribution in [1.82, 2.24) is 4.90 Å². The average Bonchev–Trinajstić information content (AvgIpc) is 2.65. The smallest absolute Gasteiger partial charge is 0.225 e. The molecule has 1 aliphatic rings. The summed E-state index contributed by atoms with van der Waals surface area (Å²) in [5.74, 6) is 0.449. The summed E-state index contributed by atoms with van der Waals surface area (Å²) in [4.78, 5) is 12.9. The van der Waals surface area contributed by atoms with Crippen LogP contribution in [0, 0.1) is 5.92 Å². The second-order valence-corrected chi connectivity index (χ2v) is 3.34. The first-order chi connectivity index (χ1) is 5.11. The number of carbonyl (C=O) groups excluding carboxylic acids is 1. The third-order valence-corrected chi connectivity index (χ3v) is 1.84. The number of aliphatic hydroxyl groups is 1. The molecule has 0 aromatic carbocycles. The van der Waals surface area contributed by atoms with Gasteiger partial charge in [0.1, 0.15) is 0 Å². The van der Waals surface area contributed by atoms with Gasteiger partial charge in [-0.3, -0.25) is 4.79 Å². The van der Waals surface area contributed by atoms with Crippen LogP contribution in [0.15, 0.2) is 0 Å². The van der Waals surface area contributed by atoms with Gasteiger partial charge in [0, 0.05) is 19.5 Å². The number of carbonyl (C=O) groups is 1. The van der Waals surface area contributed by atoms with Crippen LogP contribution in [-0.2, 0) is 4.79 Å². The van der Waals surface area contributed by atoms with Crippen LogP contribution in [0.2, 0.25) is 0 Å². The average molecular weight is 157 g/mol. The molecule has 0 aromatic rings. The highest BCUT2D eigenvalue weighted by Gasteiger charge is 2.32. The van der Waals surface area contributed by atoms with Crippen LogP contribution in [0.4, 0.5) is 0 Å². The summed E-state index contributed by atoms with van der Waals surface area (Å²) in [5.41, 5.74) is 0. The highest BCUT2D eigenvalue weighted by Crippen LogP contribution is 2.30. The number of aliphatic hydroxyl groups excluding tert-OH is 1. The monoisotopic (exact) mass is 157 g/mol. The van der Waals surface area contributed by atoms with Gasteiger partial charge >= 0.3 is 0 Å². The zero-order valence-electron chi connectivity index (χ0n) is 7.08. The zero-order valence-corrected chi connectivity index (χ0v) is 7.08. The molecule has 1 N–H and O–H groups in total. The minimum atomic E-state index is -0.414. The Labute approximate surface area is 67.0 Å². The number of rotatable bonds is 3. The minimum absolute atomic E-state index is 0.186. The quantitative estimate of drug-likeness (QED) is 0.637. The predicted octanol–water partition coefficient (Wildman–Crippen LogP) is 0.236. The Morgan fingerprint density at radius 2 is 2.27 bits per heavy atom. The molecular formula is C8H15NO2. The van der Waals surface area contributed by atoms with Crippen molar-refractivity contribution in [3.05, 3.63) is 0 Å². The first-order valence-corrected chi connectivity index (χ1v) is 4.04. The molecule has 1 saturated carbocycles. The van der Waals surface area contributed by atoms with E-state index < -0.39 is 6.10 Å². The van der Waals surface area contributed by atoms with Gasteiger partial charge in [0.15, 0.2) is 0 Å². The van der Waals surface area contributed by atoms with Crippen molar-refractivity contribution in [2.24, 2.45) is 5.92 Å². The Morgan fingerprint density at radius 3 is 2.64 bits per heavy atom. The molecule has 0 bridgehead atoms. The van der Waals surface area contributed by atoms with E-state index in [4.69, 9.17) is 5.11 Å². The lowest BCUT2D eigenvalue weighted by atomic mass is 10.3. The van der Waals surface area contributed by atoms with Gasteiger partial charge in [0.25, 0.3) is 0 Å². The molecule has 1 atom stereocenters. The molecule has 1 fully saturated rings. The summed E-state index contributed by atoms with van der Waals surface area (Å²) in [6.45, 7) is 2.14. The van der Waals surface area contributed by atoms with E-state index in [1.54, 1.807) is 18.9 Å². The summed E-state index contributed by atoms with van der Waals surface area (Å²) in [5, 5.41) is 8.98. The van der Waals surface area contributed by atoms with Crippen LogP contribution < -0.4 is 0 Å². The van der Waals surface area contributed by atoms with Crippen LogP contribution in [0.5, 0.6) is 0 Å². The molecule has 0 aromatic heterocycles. The van der Waals surface area contributed by atoms with Crippen molar-refractivity contribution in [2.75, 3.05) is 13.6 Å². The number of nitrogens with zero attached hydrogens (tertiary/aromatic N) is 1. The van der Waals surface area contributed by atoms with Crippen molar-refractivity contribution in [3.8, 4) is 0 Å². The molecule has 64 valence electrons. The van der Waals surface area contributed by atoms with E-state index in [1.807, 2.05) is 0 Å². The van der Waals surface area contributed by atoms with E-state index in [0.29, 0.717) is 6.54 Å². The molecule has 3 heteroatoms. The molecule has 0 radical (unpaired) electrons. The fourth-order valence-corrected chi connectivity index (χ4v) is 1.13. The normalized spacial score (nSPS) is 19.5. The summed E-state index contributed by atoms with van der Waals surface area (Å²) in [6.07, 6.45) is 1.65. The third-order valence-electron chi connectivity index (χ3n) is 1.84. The van der Waals surface area contributed by atoms with Crippen LogP contribution >= 0.6 is 0 Å². The number of hydrogen-bond acceptors (Lipinski definition) is 2. The molecule has 0 spiro atoms. The molecule has 3 nitrogen and oxygen atoms in total. The van der Waals surface area contributed by atoms with Crippen LogP contribution in [-0.4, -0.2) is 35.6 Å². The van der Waals surface area contributed by atoms with Gasteiger partial charge in [-0.15, -0.1) is 0 Å². The van der Waals surface area contributed by atoms with Crippen molar-refractivity contribution >= 4 is 5.91 Å². The molecule has 1 rings (SSSR count). The molecule has 1 aliphatic carbocycles. The number of likely N-dealkylation sites (N-methyl/N-ethyl adjacent to an activating group) is 1. The topological polar surface area (TPSA) is 40.5 Å². The van der Waals surface area contributed by atoms with Gasteiger partial charge < -0.3 is 10.0 Å². The van der Waals surface area contributed by atoms with Gasteiger partial charge in [0.2, 0.25) is 5.91 Å². The standard InChI is InChI=1S/C8H15NO2/c1-6(10)5-9(2)8(11)7-3-4-7/h6-7,10H,3-5H2,1-2H3/t6-/m0/s1. The van der Waals surface area contributed by atoms with Crippen LogP contribution in [0.25, 0.3) is 0 Å². The molecule has 1 amide bonds. The van der Waals surface area contributed by atoms with Crippen molar-refractivity contribution in [1.29, 1.82) is 0 Å². The molecule has 0 saturated heterocycles. The van der Waals surface area contributed by atoms with Crippen molar-refractivity contribution < 1.29 is 9.90 Å². The summed E-state index contributed by atoms with van der Waals surface area (Å²) < 4.78 is 0. The van der Waals surface area contributed by atoms with E-state index in [0.717, 1.165) is 12.8 Å². The SMILES string of the molecule is C[C@H](O)CN(C)C(=O)C1CC1. The Morgan fingerprint density at radius 1 is 1.73 bits per heavy atom. The molecule has 11 heavy (non-hydrogen) atoms. The highest BCUT2D eigenvalue weighted by molar-refractivity contribution is 5.80. The maximum absolute atomic E-state index is 11.3. The lowest BCUT2D eigenvalue weighted by Crippen LogP contribution is -2.33. The van der Waals surface area contributed by atoms with Crippen LogP contribution in [0.1, 0.15) is 19.8 Å². The Hall–Kier alpha value is -0.570. The van der Waals surface area contributed by atoms with E-state index >= 15 is 0 Å². The second kappa shape index (κ2) is 3.22. The molecule has 0 aliphatic heterocycles.